The van der Waals surface area contributed by atoms with Gasteiger partial charge in [-0.2, -0.15) is 0 Å². The van der Waals surface area contributed by atoms with Crippen LogP contribution in [-0.2, 0) is 0 Å². The van der Waals surface area contributed by atoms with Crippen LogP contribution in [0.2, 0.25) is 0 Å². The zero-order valence-electron chi connectivity index (χ0n) is 7.59. The molecule has 0 aromatic heterocycles. The SMILES string of the molecule is CC(C)(C)N1CC(O)(CN)C1. The van der Waals surface area contributed by atoms with Gasteiger partial charge in [-0.15, -0.1) is 0 Å². The Morgan fingerprint density at radius 1 is 1.45 bits per heavy atom. The first kappa shape index (κ1) is 8.97. The zero-order valence-corrected chi connectivity index (χ0v) is 7.59. The number of nitrogens with zero attached hydrogens (tertiary/aromatic N) is 1. The van der Waals surface area contributed by atoms with Crippen molar-refractivity contribution in [1.82, 2.24) is 4.90 Å². The van der Waals surface area contributed by atoms with Crippen LogP contribution in [0.1, 0.15) is 20.8 Å². The van der Waals surface area contributed by atoms with E-state index in [1.54, 1.807) is 0 Å². The molecule has 0 aliphatic carbocycles. The van der Waals surface area contributed by atoms with Gasteiger partial charge in [0.1, 0.15) is 5.60 Å². The third-order valence-electron chi connectivity index (χ3n) is 2.30. The van der Waals surface area contributed by atoms with Crippen LogP contribution in [0.5, 0.6) is 0 Å². The van der Waals surface area contributed by atoms with Crippen molar-refractivity contribution in [2.24, 2.45) is 5.73 Å². The highest BCUT2D eigenvalue weighted by molar-refractivity contribution is 5.00. The highest BCUT2D eigenvalue weighted by Gasteiger charge is 2.44. The van der Waals surface area contributed by atoms with E-state index in [0.29, 0.717) is 19.6 Å². The van der Waals surface area contributed by atoms with E-state index < -0.39 is 5.60 Å². The maximum atomic E-state index is 9.59. The zero-order chi connectivity index (χ0) is 8.70. The van der Waals surface area contributed by atoms with Crippen molar-refractivity contribution in [1.29, 1.82) is 0 Å². The average Bonchev–Trinajstić information content (AvgIpc) is 1.78. The first-order chi connectivity index (χ1) is 4.87. The van der Waals surface area contributed by atoms with Crippen molar-refractivity contribution in [2.45, 2.75) is 31.9 Å². The van der Waals surface area contributed by atoms with Crippen molar-refractivity contribution in [3.63, 3.8) is 0 Å². The van der Waals surface area contributed by atoms with Gasteiger partial charge in [-0.05, 0) is 20.8 Å². The summed E-state index contributed by atoms with van der Waals surface area (Å²) < 4.78 is 0. The van der Waals surface area contributed by atoms with E-state index in [1.807, 2.05) is 0 Å². The number of hydrogen-bond donors (Lipinski definition) is 2. The van der Waals surface area contributed by atoms with Gasteiger partial charge >= 0.3 is 0 Å². The molecule has 0 unspecified atom stereocenters. The summed E-state index contributed by atoms with van der Waals surface area (Å²) in [5.74, 6) is 0. The van der Waals surface area contributed by atoms with E-state index in [-0.39, 0.29) is 5.54 Å². The van der Waals surface area contributed by atoms with Gasteiger partial charge in [-0.25, -0.2) is 0 Å². The van der Waals surface area contributed by atoms with Gasteiger partial charge in [0.05, 0.1) is 0 Å². The Kier molecular flexibility index (Phi) is 1.99. The lowest BCUT2D eigenvalue weighted by atomic mass is 9.88. The number of rotatable bonds is 1. The molecular weight excluding hydrogens is 140 g/mol. The van der Waals surface area contributed by atoms with Crippen LogP contribution in [0, 0.1) is 0 Å². The lowest BCUT2D eigenvalue weighted by Crippen LogP contribution is -2.69. The highest BCUT2D eigenvalue weighted by Crippen LogP contribution is 2.27. The molecule has 1 saturated heterocycles. The van der Waals surface area contributed by atoms with E-state index >= 15 is 0 Å². The summed E-state index contributed by atoms with van der Waals surface area (Å²) in [7, 11) is 0. The molecule has 66 valence electrons. The van der Waals surface area contributed by atoms with Crippen molar-refractivity contribution in [2.75, 3.05) is 19.6 Å². The summed E-state index contributed by atoms with van der Waals surface area (Å²) >= 11 is 0. The topological polar surface area (TPSA) is 49.5 Å². The van der Waals surface area contributed by atoms with Gasteiger partial charge in [0.15, 0.2) is 0 Å². The molecule has 3 heteroatoms. The van der Waals surface area contributed by atoms with Gasteiger partial charge in [-0.3, -0.25) is 4.90 Å². The molecule has 0 atom stereocenters. The fourth-order valence-corrected chi connectivity index (χ4v) is 1.27. The second-order valence-corrected chi connectivity index (χ2v) is 4.46. The van der Waals surface area contributed by atoms with Crippen molar-refractivity contribution >= 4 is 0 Å². The molecule has 0 amide bonds. The van der Waals surface area contributed by atoms with E-state index in [4.69, 9.17) is 5.73 Å². The molecule has 3 nitrogen and oxygen atoms in total. The summed E-state index contributed by atoms with van der Waals surface area (Å²) in [6.45, 7) is 8.23. The van der Waals surface area contributed by atoms with Crippen molar-refractivity contribution < 1.29 is 5.11 Å². The summed E-state index contributed by atoms with van der Waals surface area (Å²) in [5, 5.41) is 9.59. The fourth-order valence-electron chi connectivity index (χ4n) is 1.27. The lowest BCUT2D eigenvalue weighted by molar-refractivity contribution is -0.124. The van der Waals surface area contributed by atoms with Crippen molar-refractivity contribution in [3.05, 3.63) is 0 Å². The molecule has 1 heterocycles. The molecule has 1 fully saturated rings. The van der Waals surface area contributed by atoms with Crippen LogP contribution < -0.4 is 5.73 Å². The fraction of sp³-hybridized carbons (Fsp3) is 1.00. The maximum absolute atomic E-state index is 9.59. The van der Waals surface area contributed by atoms with Gasteiger partial charge in [-0.1, -0.05) is 0 Å². The minimum Gasteiger partial charge on any atom is -0.386 e. The summed E-state index contributed by atoms with van der Waals surface area (Å²) in [6.07, 6.45) is 0. The second kappa shape index (κ2) is 2.44. The number of likely N-dealkylation sites (tertiary alicyclic amines) is 1. The van der Waals surface area contributed by atoms with E-state index in [1.165, 1.54) is 0 Å². The Morgan fingerprint density at radius 2 is 1.91 bits per heavy atom. The smallest absolute Gasteiger partial charge is 0.102 e. The third kappa shape index (κ3) is 1.72. The molecule has 11 heavy (non-hydrogen) atoms. The Bertz CT molecular complexity index is 145. The Hall–Kier alpha value is -0.120. The molecule has 0 radical (unpaired) electrons. The maximum Gasteiger partial charge on any atom is 0.102 e. The molecule has 0 aromatic carbocycles. The van der Waals surface area contributed by atoms with E-state index in [0.717, 1.165) is 0 Å². The first-order valence-electron chi connectivity index (χ1n) is 4.05. The number of nitrogens with two attached hydrogens (primary N) is 1. The Morgan fingerprint density at radius 3 is 2.18 bits per heavy atom. The molecular formula is C8H18N2O. The molecule has 3 N–H and O–H groups in total. The van der Waals surface area contributed by atoms with Crippen molar-refractivity contribution in [3.8, 4) is 0 Å². The molecule has 1 aliphatic heterocycles. The van der Waals surface area contributed by atoms with E-state index in [9.17, 15) is 5.11 Å². The minimum atomic E-state index is -0.604. The summed E-state index contributed by atoms with van der Waals surface area (Å²) in [4.78, 5) is 2.22. The van der Waals surface area contributed by atoms with Crippen LogP contribution in [-0.4, -0.2) is 40.8 Å². The number of hydrogen-bond acceptors (Lipinski definition) is 3. The largest absolute Gasteiger partial charge is 0.386 e. The van der Waals surface area contributed by atoms with Gasteiger partial charge in [0, 0.05) is 25.2 Å². The molecule has 1 rings (SSSR count). The molecule has 0 bridgehead atoms. The average molecular weight is 158 g/mol. The number of aliphatic hydroxyl groups is 1. The molecule has 0 saturated carbocycles. The van der Waals surface area contributed by atoms with E-state index in [2.05, 4.69) is 25.7 Å². The predicted molar refractivity (Wildman–Crippen MR) is 45.3 cm³/mol. The molecule has 0 spiro atoms. The van der Waals surface area contributed by atoms with Crippen LogP contribution in [0.15, 0.2) is 0 Å². The normalized spacial score (nSPS) is 24.8. The Balaban J connectivity index is 2.40. The summed E-state index contributed by atoms with van der Waals surface area (Å²) in [5.41, 5.74) is 4.96. The molecule has 1 aliphatic rings. The standard InChI is InChI=1S/C8H18N2O/c1-7(2,3)10-5-8(11,4-9)6-10/h11H,4-6,9H2,1-3H3. The van der Waals surface area contributed by atoms with Gasteiger partial charge in [0.25, 0.3) is 0 Å². The minimum absolute atomic E-state index is 0.168. The first-order valence-corrected chi connectivity index (χ1v) is 4.05. The van der Waals surface area contributed by atoms with Gasteiger partial charge in [0.2, 0.25) is 0 Å². The Labute approximate surface area is 68.2 Å². The van der Waals surface area contributed by atoms with Crippen LogP contribution in [0.25, 0.3) is 0 Å². The van der Waals surface area contributed by atoms with Crippen LogP contribution in [0.4, 0.5) is 0 Å². The predicted octanol–water partition coefficient (Wildman–Crippen LogP) is -0.210. The summed E-state index contributed by atoms with van der Waals surface area (Å²) in [6, 6.07) is 0. The quantitative estimate of drug-likeness (QED) is 0.555. The number of β-amino-alcohol motifs (C(OH)–C–C–N with tert-alkyl or cyclic N) is 1. The van der Waals surface area contributed by atoms with Crippen LogP contribution >= 0.6 is 0 Å². The third-order valence-corrected chi connectivity index (χ3v) is 2.30. The lowest BCUT2D eigenvalue weighted by Gasteiger charge is -2.52. The second-order valence-electron chi connectivity index (χ2n) is 4.46. The van der Waals surface area contributed by atoms with Crippen LogP contribution in [0.3, 0.4) is 0 Å². The monoisotopic (exact) mass is 158 g/mol. The van der Waals surface area contributed by atoms with Gasteiger partial charge < -0.3 is 10.8 Å². The molecule has 0 aromatic rings. The highest BCUT2D eigenvalue weighted by atomic mass is 16.3.